The molecule has 0 radical (unpaired) electrons. The van der Waals surface area contributed by atoms with Crippen LogP contribution in [0.1, 0.15) is 17.3 Å². The molecule has 0 aliphatic carbocycles. The van der Waals surface area contributed by atoms with Gasteiger partial charge < -0.3 is 4.90 Å². The number of para-hydroxylation sites is 1. The lowest BCUT2D eigenvalue weighted by Crippen LogP contribution is -2.23. The molecule has 0 N–H and O–H groups in total. The van der Waals surface area contributed by atoms with Crippen molar-refractivity contribution in [1.29, 1.82) is 0 Å². The highest BCUT2D eigenvalue weighted by Gasteiger charge is 2.06. The van der Waals surface area contributed by atoms with Crippen molar-refractivity contribution in [3.8, 4) is 0 Å². The molecule has 2 nitrogen and oxygen atoms in total. The van der Waals surface area contributed by atoms with Crippen LogP contribution in [-0.4, -0.2) is 19.4 Å². The van der Waals surface area contributed by atoms with Gasteiger partial charge in [-0.3, -0.25) is 4.79 Å². The lowest BCUT2D eigenvalue weighted by Gasteiger charge is -2.22. The Hall–Kier alpha value is -1.57. The monoisotopic (exact) mass is 189 g/mol. The third-order valence-corrected chi connectivity index (χ3v) is 2.14. The Morgan fingerprint density at radius 3 is 2.71 bits per heavy atom. The van der Waals surface area contributed by atoms with Crippen LogP contribution < -0.4 is 4.90 Å². The fourth-order valence-corrected chi connectivity index (χ4v) is 1.43. The number of carbonyl (C=O) groups excluding carboxylic acids is 1. The minimum absolute atomic E-state index is 0.733. The molecule has 0 aromatic heterocycles. The summed E-state index contributed by atoms with van der Waals surface area (Å²) in [7, 11) is 0. The molecular formula is C12H15NO. The van der Waals surface area contributed by atoms with Crippen molar-refractivity contribution < 1.29 is 4.79 Å². The van der Waals surface area contributed by atoms with Crippen LogP contribution in [-0.2, 0) is 0 Å². The van der Waals surface area contributed by atoms with Crippen molar-refractivity contribution in [3.05, 3.63) is 42.5 Å². The summed E-state index contributed by atoms with van der Waals surface area (Å²) >= 11 is 0. The van der Waals surface area contributed by atoms with E-state index in [0.29, 0.717) is 0 Å². The van der Waals surface area contributed by atoms with E-state index < -0.39 is 0 Å². The number of hydrogen-bond donors (Lipinski definition) is 0. The Kier molecular flexibility index (Phi) is 3.92. The van der Waals surface area contributed by atoms with Gasteiger partial charge in [0, 0.05) is 24.3 Å². The molecular weight excluding hydrogens is 174 g/mol. The summed E-state index contributed by atoms with van der Waals surface area (Å²) in [5.74, 6) is 0. The van der Waals surface area contributed by atoms with Gasteiger partial charge in [-0.05, 0) is 19.1 Å². The molecule has 0 bridgehead atoms. The van der Waals surface area contributed by atoms with E-state index in [1.807, 2.05) is 30.3 Å². The molecule has 2 heteroatoms. The Morgan fingerprint density at radius 1 is 1.43 bits per heavy atom. The maximum Gasteiger partial charge on any atom is 0.152 e. The fourth-order valence-electron chi connectivity index (χ4n) is 1.43. The van der Waals surface area contributed by atoms with Crippen molar-refractivity contribution in [2.75, 3.05) is 18.0 Å². The first kappa shape index (κ1) is 10.5. The second-order valence-corrected chi connectivity index (χ2v) is 3.00. The van der Waals surface area contributed by atoms with Gasteiger partial charge in [0.05, 0.1) is 0 Å². The summed E-state index contributed by atoms with van der Waals surface area (Å²) < 4.78 is 0. The number of rotatable bonds is 5. The average Bonchev–Trinajstić information content (AvgIpc) is 2.26. The largest absolute Gasteiger partial charge is 0.368 e. The van der Waals surface area contributed by atoms with Gasteiger partial charge in [0.25, 0.3) is 0 Å². The lowest BCUT2D eigenvalue weighted by atomic mass is 10.1. The molecule has 0 aliphatic heterocycles. The van der Waals surface area contributed by atoms with Gasteiger partial charge in [-0.2, -0.15) is 0 Å². The second-order valence-electron chi connectivity index (χ2n) is 3.00. The van der Waals surface area contributed by atoms with Crippen LogP contribution in [0, 0.1) is 0 Å². The molecule has 1 aromatic rings. The van der Waals surface area contributed by atoms with Crippen LogP contribution in [0.3, 0.4) is 0 Å². The first-order chi connectivity index (χ1) is 6.83. The Balaban J connectivity index is 3.01. The predicted octanol–water partition coefficient (Wildman–Crippen LogP) is 2.51. The van der Waals surface area contributed by atoms with Gasteiger partial charge in [-0.1, -0.05) is 18.2 Å². The van der Waals surface area contributed by atoms with Crippen molar-refractivity contribution in [3.63, 3.8) is 0 Å². The van der Waals surface area contributed by atoms with Gasteiger partial charge in [0.15, 0.2) is 6.29 Å². The zero-order chi connectivity index (χ0) is 10.4. The highest BCUT2D eigenvalue weighted by molar-refractivity contribution is 5.84. The van der Waals surface area contributed by atoms with Crippen LogP contribution >= 0.6 is 0 Å². The van der Waals surface area contributed by atoms with Gasteiger partial charge >= 0.3 is 0 Å². The maximum atomic E-state index is 10.8. The molecule has 0 unspecified atom stereocenters. The molecule has 1 rings (SSSR count). The van der Waals surface area contributed by atoms with Gasteiger partial charge in [0.2, 0.25) is 0 Å². The molecule has 0 aliphatic rings. The van der Waals surface area contributed by atoms with Crippen molar-refractivity contribution >= 4 is 12.0 Å². The first-order valence-electron chi connectivity index (χ1n) is 4.73. The van der Waals surface area contributed by atoms with Gasteiger partial charge in [0.1, 0.15) is 0 Å². The van der Waals surface area contributed by atoms with Crippen molar-refractivity contribution in [1.82, 2.24) is 0 Å². The number of anilines is 1. The van der Waals surface area contributed by atoms with E-state index in [0.717, 1.165) is 30.6 Å². The molecule has 0 saturated heterocycles. The van der Waals surface area contributed by atoms with E-state index >= 15 is 0 Å². The van der Waals surface area contributed by atoms with Crippen LogP contribution in [0.2, 0.25) is 0 Å². The zero-order valence-electron chi connectivity index (χ0n) is 8.44. The highest BCUT2D eigenvalue weighted by atomic mass is 16.1. The third kappa shape index (κ3) is 2.22. The van der Waals surface area contributed by atoms with Crippen molar-refractivity contribution in [2.24, 2.45) is 0 Å². The number of carbonyl (C=O) groups is 1. The minimum atomic E-state index is 0.733. The normalized spacial score (nSPS) is 9.50. The van der Waals surface area contributed by atoms with Crippen LogP contribution in [0.25, 0.3) is 0 Å². The molecule has 0 fully saturated rings. The molecule has 0 heterocycles. The quantitative estimate of drug-likeness (QED) is 0.524. The summed E-state index contributed by atoms with van der Waals surface area (Å²) in [4.78, 5) is 12.9. The maximum absolute atomic E-state index is 10.8. The topological polar surface area (TPSA) is 20.3 Å². The molecule has 0 spiro atoms. The first-order valence-corrected chi connectivity index (χ1v) is 4.73. The smallest absolute Gasteiger partial charge is 0.152 e. The molecule has 0 amide bonds. The Bertz CT molecular complexity index is 320. The SMILES string of the molecule is C=CCN(CC)c1ccccc1C=O. The molecule has 0 saturated carbocycles. The standard InChI is InChI=1S/C12H15NO/c1-3-9-13(4-2)12-8-6-5-7-11(12)10-14/h3,5-8,10H,1,4,9H2,2H3. The van der Waals surface area contributed by atoms with E-state index in [9.17, 15) is 4.79 Å². The van der Waals surface area contributed by atoms with Crippen LogP contribution in [0.4, 0.5) is 5.69 Å². The zero-order valence-corrected chi connectivity index (χ0v) is 8.44. The molecule has 14 heavy (non-hydrogen) atoms. The van der Waals surface area contributed by atoms with Gasteiger partial charge in [-0.25, -0.2) is 0 Å². The van der Waals surface area contributed by atoms with Crippen LogP contribution in [0.15, 0.2) is 36.9 Å². The third-order valence-electron chi connectivity index (χ3n) is 2.14. The number of benzene rings is 1. The molecule has 0 atom stereocenters. The van der Waals surface area contributed by atoms with E-state index in [-0.39, 0.29) is 0 Å². The molecule has 74 valence electrons. The number of hydrogen-bond acceptors (Lipinski definition) is 2. The average molecular weight is 189 g/mol. The molecule has 1 aromatic carbocycles. The second kappa shape index (κ2) is 5.22. The summed E-state index contributed by atoms with van der Waals surface area (Å²) in [5, 5.41) is 0. The summed E-state index contributed by atoms with van der Waals surface area (Å²) in [6.07, 6.45) is 2.73. The Morgan fingerprint density at radius 2 is 2.14 bits per heavy atom. The fraction of sp³-hybridized carbons (Fsp3) is 0.250. The minimum Gasteiger partial charge on any atom is -0.368 e. The highest BCUT2D eigenvalue weighted by Crippen LogP contribution is 2.18. The van der Waals surface area contributed by atoms with Crippen molar-refractivity contribution in [2.45, 2.75) is 6.92 Å². The van der Waals surface area contributed by atoms with Gasteiger partial charge in [-0.15, -0.1) is 6.58 Å². The number of likely N-dealkylation sites (N-methyl/N-ethyl adjacent to an activating group) is 1. The predicted molar refractivity (Wildman–Crippen MR) is 59.9 cm³/mol. The Labute approximate surface area is 84.9 Å². The van der Waals surface area contributed by atoms with Crippen LogP contribution in [0.5, 0.6) is 0 Å². The lowest BCUT2D eigenvalue weighted by molar-refractivity contribution is 0.112. The van der Waals surface area contributed by atoms with E-state index in [4.69, 9.17) is 0 Å². The van der Waals surface area contributed by atoms with E-state index in [1.165, 1.54) is 0 Å². The number of nitrogens with zero attached hydrogens (tertiary/aromatic N) is 1. The summed E-state index contributed by atoms with van der Waals surface area (Å²) in [6, 6.07) is 7.59. The van der Waals surface area contributed by atoms with E-state index in [2.05, 4.69) is 18.4 Å². The summed E-state index contributed by atoms with van der Waals surface area (Å²) in [6.45, 7) is 7.40. The number of aldehydes is 1. The summed E-state index contributed by atoms with van der Waals surface area (Å²) in [5.41, 5.74) is 1.71. The van der Waals surface area contributed by atoms with E-state index in [1.54, 1.807) is 0 Å².